The second kappa shape index (κ2) is 11.3. The van der Waals surface area contributed by atoms with Crippen molar-refractivity contribution in [1.29, 1.82) is 0 Å². The summed E-state index contributed by atoms with van der Waals surface area (Å²) >= 11 is 0. The minimum absolute atomic E-state index is 0.0395. The van der Waals surface area contributed by atoms with Crippen LogP contribution < -0.4 is 20.3 Å². The molecule has 1 aromatic heterocycles. The summed E-state index contributed by atoms with van der Waals surface area (Å²) in [5.41, 5.74) is 1.54. The first-order valence-electron chi connectivity index (χ1n) is 13.4. The molecular formula is C29H33F3N6O2. The molecule has 0 bridgehead atoms. The van der Waals surface area contributed by atoms with E-state index in [2.05, 4.69) is 32.5 Å². The first-order valence-corrected chi connectivity index (χ1v) is 13.4. The van der Waals surface area contributed by atoms with Crippen LogP contribution in [0.4, 0.5) is 30.5 Å². The number of aromatic nitrogens is 2. The van der Waals surface area contributed by atoms with E-state index < -0.39 is 17.7 Å². The van der Waals surface area contributed by atoms with Gasteiger partial charge in [0.25, 0.3) is 5.91 Å². The number of hydrogen-bond acceptors (Lipinski definition) is 7. The molecular weight excluding hydrogens is 521 g/mol. The number of rotatable bonds is 6. The van der Waals surface area contributed by atoms with E-state index in [1.807, 2.05) is 18.7 Å². The van der Waals surface area contributed by atoms with Crippen molar-refractivity contribution in [2.45, 2.75) is 44.8 Å². The summed E-state index contributed by atoms with van der Waals surface area (Å²) < 4.78 is 51.0. The van der Waals surface area contributed by atoms with E-state index in [-0.39, 0.29) is 53.2 Å². The predicted molar refractivity (Wildman–Crippen MR) is 148 cm³/mol. The molecule has 212 valence electrons. The highest BCUT2D eigenvalue weighted by Gasteiger charge is 2.34. The lowest BCUT2D eigenvalue weighted by molar-refractivity contribution is -0.127. The number of piperidine rings is 1. The van der Waals surface area contributed by atoms with E-state index >= 15 is 8.78 Å². The largest absolute Gasteiger partial charge is 0.473 e. The number of carbonyl (C=O) groups excluding carboxylic acids is 1. The van der Waals surface area contributed by atoms with Crippen LogP contribution >= 0.6 is 0 Å². The second-order valence-corrected chi connectivity index (χ2v) is 10.6. The van der Waals surface area contributed by atoms with Crippen LogP contribution in [-0.4, -0.2) is 66.7 Å². The zero-order valence-electron chi connectivity index (χ0n) is 23.0. The molecule has 8 nitrogen and oxygen atoms in total. The number of anilines is 3. The zero-order chi connectivity index (χ0) is 28.6. The highest BCUT2D eigenvalue weighted by molar-refractivity contribution is 5.84. The molecule has 2 N–H and O–H groups in total. The Morgan fingerprint density at radius 2 is 1.82 bits per heavy atom. The Hall–Kier alpha value is -3.86. The maximum absolute atomic E-state index is 15.3. The normalized spacial score (nSPS) is 17.9. The SMILES string of the molecule is CNC(=O)C1CN(C(C)C)c2cc(-c3nc(Nc4ccc(C5CCN(C)CC5)c(F)c4)ncc3F)cc(F)c2O1. The molecule has 2 aliphatic rings. The lowest BCUT2D eigenvalue weighted by Gasteiger charge is -2.38. The minimum atomic E-state index is -0.891. The second-order valence-electron chi connectivity index (χ2n) is 10.6. The van der Waals surface area contributed by atoms with Crippen molar-refractivity contribution in [3.63, 3.8) is 0 Å². The average molecular weight is 555 g/mol. The van der Waals surface area contributed by atoms with Crippen molar-refractivity contribution in [3.8, 4) is 17.0 Å². The number of hydrogen-bond donors (Lipinski definition) is 2. The summed E-state index contributed by atoms with van der Waals surface area (Å²) in [7, 11) is 3.55. The van der Waals surface area contributed by atoms with Gasteiger partial charge in [-0.15, -0.1) is 0 Å². The van der Waals surface area contributed by atoms with Crippen LogP contribution in [0, 0.1) is 17.5 Å². The fraction of sp³-hybridized carbons (Fsp3) is 0.414. The van der Waals surface area contributed by atoms with E-state index in [4.69, 9.17) is 4.74 Å². The smallest absolute Gasteiger partial charge is 0.262 e. The molecule has 3 heterocycles. The van der Waals surface area contributed by atoms with Crippen LogP contribution in [0.3, 0.4) is 0 Å². The Kier molecular flexibility index (Phi) is 7.84. The molecule has 0 aliphatic carbocycles. The predicted octanol–water partition coefficient (Wildman–Crippen LogP) is 4.84. The molecule has 1 saturated heterocycles. The van der Waals surface area contributed by atoms with Gasteiger partial charge in [0, 0.05) is 24.3 Å². The molecule has 40 heavy (non-hydrogen) atoms. The van der Waals surface area contributed by atoms with Gasteiger partial charge in [-0.1, -0.05) is 6.07 Å². The fourth-order valence-electron chi connectivity index (χ4n) is 5.30. The third kappa shape index (κ3) is 5.56. The van der Waals surface area contributed by atoms with Gasteiger partial charge >= 0.3 is 0 Å². The molecule has 0 saturated carbocycles. The van der Waals surface area contributed by atoms with Gasteiger partial charge in [0.1, 0.15) is 11.5 Å². The van der Waals surface area contributed by atoms with Gasteiger partial charge in [-0.25, -0.2) is 23.1 Å². The third-order valence-electron chi connectivity index (χ3n) is 7.55. The molecule has 2 aliphatic heterocycles. The molecule has 2 aromatic carbocycles. The average Bonchev–Trinajstić information content (AvgIpc) is 2.93. The third-order valence-corrected chi connectivity index (χ3v) is 7.55. The number of ether oxygens (including phenoxy) is 1. The van der Waals surface area contributed by atoms with Gasteiger partial charge in [-0.2, -0.15) is 0 Å². The summed E-state index contributed by atoms with van der Waals surface area (Å²) in [6.07, 6.45) is 1.89. The Labute approximate surface area is 231 Å². The van der Waals surface area contributed by atoms with Crippen LogP contribution in [0.25, 0.3) is 11.3 Å². The molecule has 1 unspecified atom stereocenters. The monoisotopic (exact) mass is 554 g/mol. The summed E-state index contributed by atoms with van der Waals surface area (Å²) in [4.78, 5) is 24.6. The van der Waals surface area contributed by atoms with Crippen LogP contribution in [0.2, 0.25) is 0 Å². The Morgan fingerprint density at radius 1 is 1.07 bits per heavy atom. The van der Waals surface area contributed by atoms with Gasteiger partial charge in [0.05, 0.1) is 18.4 Å². The van der Waals surface area contributed by atoms with E-state index in [1.54, 1.807) is 18.2 Å². The minimum Gasteiger partial charge on any atom is -0.473 e. The molecule has 3 aromatic rings. The van der Waals surface area contributed by atoms with Gasteiger partial charge < -0.3 is 25.2 Å². The maximum atomic E-state index is 15.3. The molecule has 0 radical (unpaired) electrons. The van der Waals surface area contributed by atoms with Gasteiger partial charge in [-0.3, -0.25) is 4.79 Å². The molecule has 11 heteroatoms. The fourth-order valence-corrected chi connectivity index (χ4v) is 5.30. The van der Waals surface area contributed by atoms with Gasteiger partial charge in [0.15, 0.2) is 23.5 Å². The van der Waals surface area contributed by atoms with Gasteiger partial charge in [-0.05, 0) is 82.6 Å². The zero-order valence-corrected chi connectivity index (χ0v) is 23.0. The van der Waals surface area contributed by atoms with Crippen molar-refractivity contribution in [2.24, 2.45) is 0 Å². The van der Waals surface area contributed by atoms with E-state index in [9.17, 15) is 9.18 Å². The number of likely N-dealkylation sites (N-methyl/N-ethyl adjacent to an activating group) is 1. The molecule has 5 rings (SSSR count). The first-order chi connectivity index (χ1) is 19.1. The number of amides is 1. The number of halogens is 3. The number of benzene rings is 2. The molecule has 1 amide bonds. The summed E-state index contributed by atoms with van der Waals surface area (Å²) in [6.45, 7) is 5.87. The number of fused-ring (bicyclic) bond motifs is 1. The maximum Gasteiger partial charge on any atom is 0.262 e. The number of nitrogens with zero attached hydrogens (tertiary/aromatic N) is 4. The highest BCUT2D eigenvalue weighted by atomic mass is 19.1. The summed E-state index contributed by atoms with van der Waals surface area (Å²) in [5, 5.41) is 5.47. The summed E-state index contributed by atoms with van der Waals surface area (Å²) in [5.74, 6) is -2.05. The quantitative estimate of drug-likeness (QED) is 0.452. The molecule has 1 atom stereocenters. The van der Waals surface area contributed by atoms with E-state index in [1.165, 1.54) is 13.1 Å². The van der Waals surface area contributed by atoms with Crippen molar-refractivity contribution in [3.05, 3.63) is 59.5 Å². The van der Waals surface area contributed by atoms with Crippen LogP contribution in [0.15, 0.2) is 36.5 Å². The summed E-state index contributed by atoms with van der Waals surface area (Å²) in [6, 6.07) is 7.52. The Bertz CT molecular complexity index is 1410. The van der Waals surface area contributed by atoms with E-state index in [0.29, 0.717) is 16.9 Å². The lowest BCUT2D eigenvalue weighted by atomic mass is 9.89. The standard InChI is InChI=1S/C29H33F3N6O2/c1-16(2)38-15-25(28(39)33-3)40-27-22(31)11-18(12-24(27)38)26-23(32)14-34-29(36-26)35-19-5-6-20(21(30)13-19)17-7-9-37(4)10-8-17/h5-6,11-14,16-17,25H,7-10,15H2,1-4H3,(H,33,39)(H,34,35,36). The van der Waals surface area contributed by atoms with Crippen LogP contribution in [-0.2, 0) is 4.79 Å². The van der Waals surface area contributed by atoms with Gasteiger partial charge in [0.2, 0.25) is 5.95 Å². The van der Waals surface area contributed by atoms with Crippen molar-refractivity contribution >= 4 is 23.2 Å². The van der Waals surface area contributed by atoms with Crippen molar-refractivity contribution in [2.75, 3.05) is 43.9 Å². The first kappa shape index (κ1) is 27.7. The number of nitrogens with one attached hydrogen (secondary N) is 2. The lowest BCUT2D eigenvalue weighted by Crippen LogP contribution is -2.50. The molecule has 1 fully saturated rings. The highest BCUT2D eigenvalue weighted by Crippen LogP contribution is 2.41. The van der Waals surface area contributed by atoms with Crippen molar-refractivity contribution in [1.82, 2.24) is 20.2 Å². The molecule has 0 spiro atoms. The van der Waals surface area contributed by atoms with Crippen LogP contribution in [0.5, 0.6) is 5.75 Å². The number of likely N-dealkylation sites (tertiary alicyclic amines) is 1. The van der Waals surface area contributed by atoms with Crippen LogP contribution in [0.1, 0.15) is 38.2 Å². The Balaban J connectivity index is 1.42. The number of carbonyl (C=O) groups is 1. The van der Waals surface area contributed by atoms with Crippen molar-refractivity contribution < 1.29 is 22.7 Å². The topological polar surface area (TPSA) is 82.6 Å². The van der Waals surface area contributed by atoms with E-state index in [0.717, 1.165) is 38.2 Å². The Morgan fingerprint density at radius 3 is 2.50 bits per heavy atom.